The van der Waals surface area contributed by atoms with E-state index in [0.717, 1.165) is 0 Å². The minimum Gasteiger partial charge on any atom is -0.539 e. The van der Waals surface area contributed by atoms with Crippen molar-refractivity contribution in [3.63, 3.8) is 0 Å². The summed E-state index contributed by atoms with van der Waals surface area (Å²) in [5.41, 5.74) is 0.911. The van der Waals surface area contributed by atoms with Crippen LogP contribution < -0.4 is 9.79 Å². The topological polar surface area (TPSA) is 99.5 Å². The van der Waals surface area contributed by atoms with Crippen LogP contribution in [-0.2, 0) is 4.74 Å². The summed E-state index contributed by atoms with van der Waals surface area (Å²) < 4.78 is 10.6. The number of aliphatic hydroxyl groups is 1. The molecule has 0 aliphatic carbocycles. The Hall–Kier alpha value is -2.41. The fourth-order valence-corrected chi connectivity index (χ4v) is 1.74. The molecule has 1 N–H and O–H groups in total. The third kappa shape index (κ3) is 2.62. The van der Waals surface area contributed by atoms with E-state index < -0.39 is 18.0 Å². The lowest BCUT2D eigenvalue weighted by atomic mass is 10.2. The van der Waals surface area contributed by atoms with Crippen LogP contribution in [0.5, 0.6) is 5.95 Å². The smallest absolute Gasteiger partial charge is 0.338 e. The number of esters is 1. The van der Waals surface area contributed by atoms with Crippen LogP contribution in [0.2, 0.25) is 0 Å². The second kappa shape index (κ2) is 5.70. The van der Waals surface area contributed by atoms with E-state index in [1.54, 1.807) is 31.2 Å². The molecule has 1 aromatic heterocycles. The summed E-state index contributed by atoms with van der Waals surface area (Å²) in [6.07, 6.45) is -1.02. The summed E-state index contributed by atoms with van der Waals surface area (Å²) in [7, 11) is 0. The summed E-state index contributed by atoms with van der Waals surface area (Å²) in [6, 6.07) is 6.26. The predicted octanol–water partition coefficient (Wildman–Crippen LogP) is 0.255. The van der Waals surface area contributed by atoms with E-state index >= 15 is 0 Å². The average Bonchev–Trinajstić information content (AvgIpc) is 2.81. The van der Waals surface area contributed by atoms with Crippen molar-refractivity contribution in [1.29, 1.82) is 0 Å². The van der Waals surface area contributed by atoms with E-state index in [2.05, 4.69) is 9.79 Å². The Labute approximate surface area is 115 Å². The Morgan fingerprint density at radius 2 is 2.15 bits per heavy atom. The first-order valence-electron chi connectivity index (χ1n) is 6.09. The fraction of sp³-hybridized carbons (Fsp3) is 0.308. The number of hydrogen-bond acceptors (Lipinski definition) is 6. The van der Waals surface area contributed by atoms with E-state index in [9.17, 15) is 15.0 Å². The van der Waals surface area contributed by atoms with Crippen LogP contribution in [0.4, 0.5) is 0 Å². The number of aliphatic hydroxyl groups excluding tert-OH is 1. The van der Waals surface area contributed by atoms with Crippen molar-refractivity contribution < 1.29 is 28.9 Å². The number of carbonyl (C=O) groups excluding carboxylic acids is 1. The van der Waals surface area contributed by atoms with E-state index in [-0.39, 0.29) is 5.69 Å². The summed E-state index contributed by atoms with van der Waals surface area (Å²) in [5.74, 6) is -1.13. The second-order valence-corrected chi connectivity index (χ2v) is 4.10. The number of aromatic nitrogens is 2. The monoisotopic (exact) mass is 278 g/mol. The molecule has 0 radical (unpaired) electrons. The molecule has 0 saturated carbocycles. The lowest BCUT2D eigenvalue weighted by molar-refractivity contribution is -0.680. The Morgan fingerprint density at radius 1 is 1.50 bits per heavy atom. The molecule has 0 saturated heterocycles. The van der Waals surface area contributed by atoms with Crippen molar-refractivity contribution in [2.45, 2.75) is 20.0 Å². The zero-order valence-corrected chi connectivity index (χ0v) is 11.1. The Kier molecular flexibility index (Phi) is 3.99. The second-order valence-electron chi connectivity index (χ2n) is 4.10. The highest BCUT2D eigenvalue weighted by atomic mass is 16.6. The molecule has 1 aromatic carbocycles. The highest BCUT2D eigenvalue weighted by Crippen LogP contribution is 2.18. The molecule has 7 nitrogen and oxygen atoms in total. The molecule has 0 fully saturated rings. The van der Waals surface area contributed by atoms with Crippen molar-refractivity contribution in [2.24, 2.45) is 0 Å². The number of benzene rings is 1. The third-order valence-electron chi connectivity index (χ3n) is 2.66. The predicted molar refractivity (Wildman–Crippen MR) is 64.1 cm³/mol. The SMILES string of the molecule is CCOC(=O)c1ccc(-[n+]2noc([O-])c2C(C)O)cc1. The van der Waals surface area contributed by atoms with Crippen molar-refractivity contribution in [1.82, 2.24) is 5.27 Å². The van der Waals surface area contributed by atoms with Gasteiger partial charge in [-0.3, -0.25) is 0 Å². The Morgan fingerprint density at radius 3 is 2.70 bits per heavy atom. The van der Waals surface area contributed by atoms with Gasteiger partial charge in [-0.25, -0.2) is 4.79 Å². The van der Waals surface area contributed by atoms with Crippen LogP contribution in [0.3, 0.4) is 0 Å². The van der Waals surface area contributed by atoms with Crippen LogP contribution >= 0.6 is 0 Å². The molecule has 106 valence electrons. The van der Waals surface area contributed by atoms with Crippen LogP contribution in [0.25, 0.3) is 5.69 Å². The lowest BCUT2D eigenvalue weighted by Crippen LogP contribution is -2.37. The van der Waals surface area contributed by atoms with E-state index in [0.29, 0.717) is 17.9 Å². The highest BCUT2D eigenvalue weighted by Gasteiger charge is 2.24. The maximum absolute atomic E-state index is 11.5. The summed E-state index contributed by atoms with van der Waals surface area (Å²) >= 11 is 0. The molecule has 0 spiro atoms. The molecule has 0 bridgehead atoms. The standard InChI is InChI=1S/C13H14N2O5/c1-3-19-12(17)9-4-6-10(7-5-9)15-11(8(2)16)13(18)20-14-15/h4-8,16H,3H2,1-2H3. The van der Waals surface area contributed by atoms with E-state index in [1.165, 1.54) is 11.6 Å². The lowest BCUT2D eigenvalue weighted by Gasteiger charge is -2.02. The van der Waals surface area contributed by atoms with Gasteiger partial charge in [0.05, 0.1) is 17.4 Å². The van der Waals surface area contributed by atoms with Crippen molar-refractivity contribution in [3.05, 3.63) is 35.5 Å². The molecule has 1 heterocycles. The maximum Gasteiger partial charge on any atom is 0.338 e. The summed E-state index contributed by atoms with van der Waals surface area (Å²) in [5, 5.41) is 24.6. The van der Waals surface area contributed by atoms with Gasteiger partial charge in [-0.2, -0.15) is 0 Å². The first-order chi connectivity index (χ1) is 9.54. The molecular formula is C13H14N2O5. The zero-order valence-electron chi connectivity index (χ0n) is 11.1. The third-order valence-corrected chi connectivity index (χ3v) is 2.66. The fourth-order valence-electron chi connectivity index (χ4n) is 1.74. The van der Waals surface area contributed by atoms with Gasteiger partial charge in [-0.15, -0.1) is 0 Å². The molecule has 2 rings (SSSR count). The molecule has 0 aliphatic heterocycles. The number of rotatable bonds is 4. The number of carbonyl (C=O) groups is 1. The normalized spacial score (nSPS) is 12.2. The van der Waals surface area contributed by atoms with Gasteiger partial charge < -0.3 is 19.5 Å². The Balaban J connectivity index is 2.33. The van der Waals surface area contributed by atoms with Crippen molar-refractivity contribution in [2.75, 3.05) is 6.61 Å². The average molecular weight is 278 g/mol. The summed E-state index contributed by atoms with van der Waals surface area (Å²) in [6.45, 7) is 3.46. The quantitative estimate of drug-likeness (QED) is 0.636. The molecule has 20 heavy (non-hydrogen) atoms. The number of nitrogens with zero attached hydrogens (tertiary/aromatic N) is 2. The molecule has 7 heteroatoms. The van der Waals surface area contributed by atoms with Gasteiger partial charge in [0.15, 0.2) is 5.95 Å². The first-order valence-corrected chi connectivity index (χ1v) is 6.09. The van der Waals surface area contributed by atoms with E-state index in [1.807, 2.05) is 0 Å². The molecule has 1 atom stereocenters. The zero-order chi connectivity index (χ0) is 14.7. The van der Waals surface area contributed by atoms with Crippen LogP contribution in [0.15, 0.2) is 28.8 Å². The minimum absolute atomic E-state index is 0.0221. The number of hydrogen-bond donors (Lipinski definition) is 1. The molecule has 2 aromatic rings. The van der Waals surface area contributed by atoms with Crippen molar-refractivity contribution >= 4 is 5.97 Å². The van der Waals surface area contributed by atoms with Gasteiger partial charge in [-0.1, -0.05) is 0 Å². The van der Waals surface area contributed by atoms with Gasteiger partial charge in [0.1, 0.15) is 6.10 Å². The summed E-state index contributed by atoms with van der Waals surface area (Å²) in [4.78, 5) is 11.5. The number of ether oxygens (including phenoxy) is 1. The molecule has 0 amide bonds. The highest BCUT2D eigenvalue weighted by molar-refractivity contribution is 5.89. The van der Waals surface area contributed by atoms with Crippen LogP contribution in [0.1, 0.15) is 36.0 Å². The Bertz CT molecular complexity index is 604. The van der Waals surface area contributed by atoms with Gasteiger partial charge in [0, 0.05) is 12.1 Å². The van der Waals surface area contributed by atoms with Gasteiger partial charge in [-0.05, 0) is 30.7 Å². The molecule has 1 unspecified atom stereocenters. The van der Waals surface area contributed by atoms with Gasteiger partial charge in [0.2, 0.25) is 5.69 Å². The first kappa shape index (κ1) is 14.0. The van der Waals surface area contributed by atoms with Crippen LogP contribution in [-0.4, -0.2) is 23.0 Å². The van der Waals surface area contributed by atoms with Crippen LogP contribution in [0, 0.1) is 0 Å². The molecular weight excluding hydrogens is 264 g/mol. The van der Waals surface area contributed by atoms with Crippen molar-refractivity contribution in [3.8, 4) is 11.6 Å². The van der Waals surface area contributed by atoms with Gasteiger partial charge in [0.25, 0.3) is 5.69 Å². The maximum atomic E-state index is 11.5. The molecule has 0 aliphatic rings. The minimum atomic E-state index is -1.02. The largest absolute Gasteiger partial charge is 0.539 e. The van der Waals surface area contributed by atoms with Gasteiger partial charge >= 0.3 is 5.97 Å². The van der Waals surface area contributed by atoms with E-state index in [4.69, 9.17) is 4.74 Å².